The molecule has 28 heavy (non-hydrogen) atoms. The molecule has 0 amide bonds. The molecule has 0 unspecified atom stereocenters. The molecular formula is C24H22O4. The zero-order chi connectivity index (χ0) is 20.2. The van der Waals surface area contributed by atoms with E-state index in [0.29, 0.717) is 11.1 Å². The molecule has 0 atom stereocenters. The van der Waals surface area contributed by atoms with E-state index < -0.39 is 10.9 Å². The van der Waals surface area contributed by atoms with Crippen molar-refractivity contribution in [2.24, 2.45) is 0 Å². The summed E-state index contributed by atoms with van der Waals surface area (Å²) in [5.41, 5.74) is 0.593. The highest BCUT2D eigenvalue weighted by Gasteiger charge is 1.93. The molecular weight excluding hydrogens is 352 g/mol. The molecule has 0 radical (unpaired) electrons. The summed E-state index contributed by atoms with van der Waals surface area (Å²) in [7, 11) is 0. The minimum Gasteiger partial charge on any atom is -0.504 e. The van der Waals surface area contributed by atoms with Gasteiger partial charge in [0.1, 0.15) is 0 Å². The van der Waals surface area contributed by atoms with Gasteiger partial charge in [-0.1, -0.05) is 36.5 Å². The van der Waals surface area contributed by atoms with Crippen molar-refractivity contribution in [3.05, 3.63) is 80.1 Å². The van der Waals surface area contributed by atoms with Crippen LogP contribution in [0.1, 0.15) is 49.7 Å². The van der Waals surface area contributed by atoms with E-state index in [1.807, 2.05) is 0 Å². The van der Waals surface area contributed by atoms with Crippen LogP contribution in [0.2, 0.25) is 0 Å². The standard InChI is InChI=1S/C24H22O4/c25-21-15-11-19(12-16-22(21)26)9-7-5-3-1-2-4-6-8-10-20-13-17-23(27)24(28)18-14-20/h11-18H,1-6H2,(H,25,26)(H,27,28). The Hall–Kier alpha value is -3.50. The summed E-state index contributed by atoms with van der Waals surface area (Å²) < 4.78 is 0. The van der Waals surface area contributed by atoms with E-state index in [1.54, 1.807) is 24.3 Å². The van der Waals surface area contributed by atoms with E-state index in [4.69, 9.17) is 0 Å². The summed E-state index contributed by atoms with van der Waals surface area (Å²) >= 11 is 0. The van der Waals surface area contributed by atoms with Gasteiger partial charge in [0.15, 0.2) is 11.5 Å². The molecule has 4 nitrogen and oxygen atoms in total. The molecule has 2 N–H and O–H groups in total. The maximum Gasteiger partial charge on any atom is 0.220 e. The lowest BCUT2D eigenvalue weighted by Gasteiger charge is -1.94. The first kappa shape index (κ1) is 20.8. The highest BCUT2D eigenvalue weighted by molar-refractivity contribution is 5.36. The molecule has 0 aromatic heterocycles. The number of aromatic hydroxyl groups is 2. The second-order valence-electron chi connectivity index (χ2n) is 6.26. The first-order valence-electron chi connectivity index (χ1n) is 9.21. The third kappa shape index (κ3) is 7.40. The highest BCUT2D eigenvalue weighted by Crippen LogP contribution is 2.06. The van der Waals surface area contributed by atoms with Gasteiger partial charge in [-0.05, 0) is 61.4 Å². The smallest absolute Gasteiger partial charge is 0.220 e. The summed E-state index contributed by atoms with van der Waals surface area (Å²) in [6.07, 6.45) is 5.69. The van der Waals surface area contributed by atoms with Crippen molar-refractivity contribution in [3.63, 3.8) is 0 Å². The van der Waals surface area contributed by atoms with Gasteiger partial charge in [-0.3, -0.25) is 9.59 Å². The zero-order valence-electron chi connectivity index (χ0n) is 15.6. The van der Waals surface area contributed by atoms with Gasteiger partial charge in [-0.15, -0.1) is 0 Å². The van der Waals surface area contributed by atoms with Gasteiger partial charge in [0, 0.05) is 24.0 Å². The van der Waals surface area contributed by atoms with Crippen molar-refractivity contribution in [1.82, 2.24) is 0 Å². The number of hydrogen-bond donors (Lipinski definition) is 2. The van der Waals surface area contributed by atoms with Crippen molar-refractivity contribution in [2.75, 3.05) is 0 Å². The van der Waals surface area contributed by atoms with Crippen LogP contribution in [0, 0.1) is 23.7 Å². The second-order valence-corrected chi connectivity index (χ2v) is 6.26. The average Bonchev–Trinajstić information content (AvgIpc) is 2.95. The Morgan fingerprint density at radius 1 is 0.571 bits per heavy atom. The van der Waals surface area contributed by atoms with Crippen LogP contribution in [0.4, 0.5) is 0 Å². The molecule has 2 aromatic rings. The SMILES string of the molecule is O=c1ccc(C#CCCCCCCC#Cc2ccc(O)c(=O)cc2)ccc1O. The largest absolute Gasteiger partial charge is 0.504 e. The summed E-state index contributed by atoms with van der Waals surface area (Å²) in [6.45, 7) is 0. The van der Waals surface area contributed by atoms with Crippen LogP contribution in [-0.4, -0.2) is 10.2 Å². The molecule has 0 aliphatic carbocycles. The summed E-state index contributed by atoms with van der Waals surface area (Å²) in [5.74, 6) is 11.6. The van der Waals surface area contributed by atoms with Crippen molar-refractivity contribution in [1.29, 1.82) is 0 Å². The number of hydrogen-bond acceptors (Lipinski definition) is 4. The van der Waals surface area contributed by atoms with Crippen LogP contribution < -0.4 is 10.9 Å². The minimum absolute atomic E-state index is 0.273. The summed E-state index contributed by atoms with van der Waals surface area (Å²) in [5, 5.41) is 18.7. The molecule has 0 heterocycles. The van der Waals surface area contributed by atoms with Gasteiger partial charge in [-0.2, -0.15) is 0 Å². The fourth-order valence-corrected chi connectivity index (χ4v) is 2.39. The van der Waals surface area contributed by atoms with Crippen LogP contribution in [0.3, 0.4) is 0 Å². The van der Waals surface area contributed by atoms with Crippen molar-refractivity contribution in [3.8, 4) is 35.2 Å². The van der Waals surface area contributed by atoms with Gasteiger partial charge in [-0.25, -0.2) is 0 Å². The molecule has 0 saturated heterocycles. The van der Waals surface area contributed by atoms with E-state index >= 15 is 0 Å². The Balaban J connectivity index is 1.66. The Morgan fingerprint density at radius 2 is 0.964 bits per heavy atom. The predicted molar refractivity (Wildman–Crippen MR) is 110 cm³/mol. The van der Waals surface area contributed by atoms with Crippen molar-refractivity contribution < 1.29 is 10.2 Å². The fourth-order valence-electron chi connectivity index (χ4n) is 2.39. The molecule has 0 aliphatic heterocycles. The zero-order valence-corrected chi connectivity index (χ0v) is 15.6. The lowest BCUT2D eigenvalue weighted by atomic mass is 10.1. The number of rotatable bonds is 5. The van der Waals surface area contributed by atoms with E-state index in [-0.39, 0.29) is 11.5 Å². The third-order valence-electron chi connectivity index (χ3n) is 3.99. The van der Waals surface area contributed by atoms with E-state index in [2.05, 4.69) is 23.7 Å². The van der Waals surface area contributed by atoms with Gasteiger partial charge in [0.2, 0.25) is 10.9 Å². The van der Waals surface area contributed by atoms with Crippen molar-refractivity contribution >= 4 is 0 Å². The van der Waals surface area contributed by atoms with Crippen LogP contribution >= 0.6 is 0 Å². The summed E-state index contributed by atoms with van der Waals surface area (Å²) in [4.78, 5) is 22.6. The van der Waals surface area contributed by atoms with Crippen LogP contribution in [0.5, 0.6) is 11.5 Å². The maximum atomic E-state index is 11.3. The average molecular weight is 374 g/mol. The van der Waals surface area contributed by atoms with Crippen molar-refractivity contribution in [2.45, 2.75) is 38.5 Å². The molecule has 0 fully saturated rings. The highest BCUT2D eigenvalue weighted by atomic mass is 16.3. The minimum atomic E-state index is -0.411. The molecule has 4 heteroatoms. The molecule has 142 valence electrons. The van der Waals surface area contributed by atoms with Gasteiger partial charge in [0.25, 0.3) is 0 Å². The lowest BCUT2D eigenvalue weighted by Crippen LogP contribution is -1.91. The Labute approximate surface area is 164 Å². The third-order valence-corrected chi connectivity index (χ3v) is 3.99. The maximum absolute atomic E-state index is 11.3. The first-order chi connectivity index (χ1) is 13.6. The quantitative estimate of drug-likeness (QED) is 0.620. The first-order valence-corrected chi connectivity index (χ1v) is 9.21. The molecule has 2 rings (SSSR count). The Morgan fingerprint density at radius 3 is 1.39 bits per heavy atom. The van der Waals surface area contributed by atoms with Crippen LogP contribution in [-0.2, 0) is 0 Å². The molecule has 0 spiro atoms. The molecule has 2 aromatic carbocycles. The number of unbranched alkanes of at least 4 members (excludes halogenated alkanes) is 5. The van der Waals surface area contributed by atoms with E-state index in [0.717, 1.165) is 38.5 Å². The van der Waals surface area contributed by atoms with Crippen LogP contribution in [0.25, 0.3) is 0 Å². The monoisotopic (exact) mass is 374 g/mol. The molecule has 0 saturated carbocycles. The van der Waals surface area contributed by atoms with Gasteiger partial charge < -0.3 is 10.2 Å². The predicted octanol–water partition coefficient (Wildman–Crippen LogP) is 3.56. The molecule has 0 bridgehead atoms. The van der Waals surface area contributed by atoms with E-state index in [9.17, 15) is 19.8 Å². The second kappa shape index (κ2) is 11.3. The Bertz CT molecular complexity index is 963. The Kier molecular flexibility index (Phi) is 8.37. The van der Waals surface area contributed by atoms with Gasteiger partial charge >= 0.3 is 0 Å². The fraction of sp³-hybridized carbons (Fsp3) is 0.250. The topological polar surface area (TPSA) is 74.6 Å². The molecule has 0 aliphatic rings. The normalized spacial score (nSPS) is 9.57. The van der Waals surface area contributed by atoms with Crippen LogP contribution in [0.15, 0.2) is 58.1 Å². The lowest BCUT2D eigenvalue weighted by molar-refractivity contribution is 0.470. The van der Waals surface area contributed by atoms with E-state index in [1.165, 1.54) is 24.3 Å². The van der Waals surface area contributed by atoms with Gasteiger partial charge in [0.05, 0.1) is 0 Å². The summed E-state index contributed by atoms with van der Waals surface area (Å²) in [6, 6.07) is 11.9.